The van der Waals surface area contributed by atoms with Gasteiger partial charge in [-0.1, -0.05) is 29.3 Å². The largest absolute Gasteiger partial charge is 0.493 e. The average molecular weight is 556 g/mol. The number of carbonyl (C=O) groups is 2. The highest BCUT2D eigenvalue weighted by molar-refractivity contribution is 6.42. The Morgan fingerprint density at radius 1 is 0.973 bits per heavy atom. The smallest absolute Gasteiger partial charge is 0.410 e. The number of aldehydes is 1. The van der Waals surface area contributed by atoms with E-state index in [4.69, 9.17) is 46.9 Å². The van der Waals surface area contributed by atoms with Crippen LogP contribution in [0.3, 0.4) is 0 Å². The molecule has 1 amide bonds. The van der Waals surface area contributed by atoms with Crippen LogP contribution in [-0.2, 0) is 26.4 Å². The summed E-state index contributed by atoms with van der Waals surface area (Å²) in [4.78, 5) is 26.1. The number of methoxy groups -OCH3 is 3. The summed E-state index contributed by atoms with van der Waals surface area (Å²) < 4.78 is 28.1. The molecule has 0 aliphatic rings. The summed E-state index contributed by atoms with van der Waals surface area (Å²) in [7, 11) is 6.21. The third kappa shape index (κ3) is 7.66. The molecule has 0 N–H and O–H groups in total. The molecule has 37 heavy (non-hydrogen) atoms. The lowest BCUT2D eigenvalue weighted by atomic mass is 9.84. The Hall–Kier alpha value is -2.68. The quantitative estimate of drug-likeness (QED) is 0.285. The molecular formula is C27H35Cl2NO7. The molecule has 0 saturated heterocycles. The topological polar surface area (TPSA) is 83.5 Å². The second-order valence-electron chi connectivity index (χ2n) is 9.43. The number of halogens is 2. The molecule has 0 aromatic heterocycles. The lowest BCUT2D eigenvalue weighted by Gasteiger charge is -2.42. The molecule has 0 unspecified atom stereocenters. The van der Waals surface area contributed by atoms with E-state index in [-0.39, 0.29) is 26.1 Å². The fraction of sp³-hybridized carbons (Fsp3) is 0.481. The van der Waals surface area contributed by atoms with Gasteiger partial charge in [-0.05, 0) is 62.6 Å². The van der Waals surface area contributed by atoms with Gasteiger partial charge in [0, 0.05) is 13.5 Å². The van der Waals surface area contributed by atoms with Gasteiger partial charge >= 0.3 is 6.09 Å². The Kier molecular flexibility index (Phi) is 10.9. The maximum absolute atomic E-state index is 13.2. The summed E-state index contributed by atoms with van der Waals surface area (Å²) in [6.45, 7) is 5.54. The molecule has 1 atom stereocenters. The molecule has 204 valence electrons. The van der Waals surface area contributed by atoms with Gasteiger partial charge in [0.1, 0.15) is 11.9 Å². The van der Waals surface area contributed by atoms with Gasteiger partial charge in [0.15, 0.2) is 11.5 Å². The number of hydrogen-bond acceptors (Lipinski definition) is 7. The van der Waals surface area contributed by atoms with Crippen molar-refractivity contribution in [3.05, 3.63) is 51.5 Å². The van der Waals surface area contributed by atoms with Crippen molar-refractivity contribution in [3.63, 3.8) is 0 Å². The lowest BCUT2D eigenvalue weighted by molar-refractivity contribution is -0.109. The number of hydrogen-bond donors (Lipinski definition) is 0. The molecular weight excluding hydrogens is 521 g/mol. The molecule has 2 aromatic rings. The highest BCUT2D eigenvalue weighted by atomic mass is 35.5. The Morgan fingerprint density at radius 2 is 1.59 bits per heavy atom. The minimum Gasteiger partial charge on any atom is -0.493 e. The van der Waals surface area contributed by atoms with E-state index in [0.717, 1.165) is 11.8 Å². The highest BCUT2D eigenvalue weighted by Crippen LogP contribution is 2.40. The zero-order valence-corrected chi connectivity index (χ0v) is 23.9. The molecule has 0 heterocycles. The molecule has 8 nitrogen and oxygen atoms in total. The maximum atomic E-state index is 13.2. The number of benzene rings is 2. The van der Waals surface area contributed by atoms with Gasteiger partial charge in [-0.3, -0.25) is 4.90 Å². The van der Waals surface area contributed by atoms with E-state index in [1.165, 1.54) is 26.2 Å². The van der Waals surface area contributed by atoms with E-state index in [9.17, 15) is 9.59 Å². The summed E-state index contributed by atoms with van der Waals surface area (Å²) in [5.74, 6) is 1.44. The van der Waals surface area contributed by atoms with E-state index >= 15 is 0 Å². The number of ether oxygens (including phenoxy) is 5. The molecule has 0 aliphatic heterocycles. The second-order valence-corrected chi connectivity index (χ2v) is 10.2. The molecule has 10 heteroatoms. The fourth-order valence-corrected chi connectivity index (χ4v) is 4.20. The molecule has 0 radical (unpaired) electrons. The molecule has 0 fully saturated rings. The Morgan fingerprint density at radius 3 is 2.08 bits per heavy atom. The first-order chi connectivity index (χ1) is 17.4. The monoisotopic (exact) mass is 555 g/mol. The molecule has 0 bridgehead atoms. The Bertz CT molecular complexity index is 1060. The van der Waals surface area contributed by atoms with Crippen LogP contribution in [0, 0.1) is 0 Å². The zero-order chi connectivity index (χ0) is 27.8. The van der Waals surface area contributed by atoms with Gasteiger partial charge in [0.25, 0.3) is 0 Å². The standard InChI is InChI=1S/C27H35Cl2NO7/c1-26(2,3)37-25(32)30(4)27(11-8-12-31,19-9-10-20(28)21(29)15-19)17-36-16-18-13-22(33-5)24(35-7)23(14-18)34-6/h9-10,12-15H,8,11,16-17H2,1-7H3/t27-/m1/s1. The highest BCUT2D eigenvalue weighted by Gasteiger charge is 2.41. The summed E-state index contributed by atoms with van der Waals surface area (Å²) in [5, 5.41) is 0.685. The van der Waals surface area contributed by atoms with Crippen molar-refractivity contribution in [2.75, 3.05) is 35.0 Å². The van der Waals surface area contributed by atoms with Crippen LogP contribution in [0.25, 0.3) is 0 Å². The van der Waals surface area contributed by atoms with Crippen LogP contribution in [0.1, 0.15) is 44.7 Å². The van der Waals surface area contributed by atoms with Gasteiger partial charge < -0.3 is 28.5 Å². The number of rotatable bonds is 12. The minimum absolute atomic E-state index is 0.0329. The van der Waals surface area contributed by atoms with Crippen molar-refractivity contribution < 1.29 is 33.3 Å². The first kappa shape index (κ1) is 30.5. The van der Waals surface area contributed by atoms with E-state index in [1.54, 1.807) is 58.2 Å². The molecule has 2 aromatic carbocycles. The lowest BCUT2D eigenvalue weighted by Crippen LogP contribution is -2.52. The van der Waals surface area contributed by atoms with Gasteiger partial charge in [-0.25, -0.2) is 4.79 Å². The summed E-state index contributed by atoms with van der Waals surface area (Å²) in [5.41, 5.74) is -0.399. The van der Waals surface area contributed by atoms with Crippen LogP contribution in [0.15, 0.2) is 30.3 Å². The maximum Gasteiger partial charge on any atom is 0.410 e. The van der Waals surface area contributed by atoms with E-state index in [2.05, 4.69) is 0 Å². The van der Waals surface area contributed by atoms with Crippen molar-refractivity contribution in [1.82, 2.24) is 4.90 Å². The minimum atomic E-state index is -1.09. The van der Waals surface area contributed by atoms with Crippen molar-refractivity contribution in [1.29, 1.82) is 0 Å². The normalized spacial score (nSPS) is 12.9. The van der Waals surface area contributed by atoms with Crippen molar-refractivity contribution in [2.45, 2.75) is 51.4 Å². The van der Waals surface area contributed by atoms with Crippen LogP contribution in [0.5, 0.6) is 17.2 Å². The molecule has 2 rings (SSSR count). The van der Waals surface area contributed by atoms with E-state index in [0.29, 0.717) is 32.9 Å². The number of likely N-dealkylation sites (N-methyl/N-ethyl adjacent to an activating group) is 1. The van der Waals surface area contributed by atoms with Gasteiger partial charge in [-0.15, -0.1) is 0 Å². The van der Waals surface area contributed by atoms with Crippen LogP contribution < -0.4 is 14.2 Å². The Balaban J connectivity index is 2.49. The zero-order valence-electron chi connectivity index (χ0n) is 22.4. The Labute approximate surface area is 228 Å². The number of nitrogens with zero attached hydrogens (tertiary/aromatic N) is 1. The van der Waals surface area contributed by atoms with Crippen LogP contribution in [0.2, 0.25) is 10.0 Å². The predicted molar refractivity (Wildman–Crippen MR) is 143 cm³/mol. The summed E-state index contributed by atoms with van der Waals surface area (Å²) in [6, 6.07) is 8.66. The van der Waals surface area contributed by atoms with Crippen LogP contribution >= 0.6 is 23.2 Å². The third-order valence-electron chi connectivity index (χ3n) is 5.78. The molecule has 0 aliphatic carbocycles. The van der Waals surface area contributed by atoms with Gasteiger partial charge in [0.2, 0.25) is 5.75 Å². The van der Waals surface area contributed by atoms with Crippen LogP contribution in [0.4, 0.5) is 4.79 Å². The number of amides is 1. The fourth-order valence-electron chi connectivity index (χ4n) is 3.90. The second kappa shape index (κ2) is 13.2. The summed E-state index contributed by atoms with van der Waals surface area (Å²) in [6.07, 6.45) is 0.662. The third-order valence-corrected chi connectivity index (χ3v) is 6.52. The molecule has 0 saturated carbocycles. The number of carbonyl (C=O) groups excluding carboxylic acids is 2. The first-order valence-corrected chi connectivity index (χ1v) is 12.4. The van der Waals surface area contributed by atoms with E-state index < -0.39 is 17.2 Å². The van der Waals surface area contributed by atoms with Crippen molar-refractivity contribution in [3.8, 4) is 17.2 Å². The SMILES string of the molecule is COc1cc(COC[C@](CCC=O)(c2ccc(Cl)c(Cl)c2)N(C)C(=O)OC(C)(C)C)cc(OC)c1OC. The van der Waals surface area contributed by atoms with Crippen molar-refractivity contribution in [2.24, 2.45) is 0 Å². The van der Waals surface area contributed by atoms with Gasteiger partial charge in [-0.2, -0.15) is 0 Å². The van der Waals surface area contributed by atoms with Crippen LogP contribution in [-0.4, -0.2) is 57.9 Å². The average Bonchev–Trinajstić information content (AvgIpc) is 2.85. The summed E-state index contributed by atoms with van der Waals surface area (Å²) >= 11 is 12.5. The van der Waals surface area contributed by atoms with Gasteiger partial charge in [0.05, 0.1) is 50.1 Å². The molecule has 0 spiro atoms. The van der Waals surface area contributed by atoms with E-state index in [1.807, 2.05) is 0 Å². The van der Waals surface area contributed by atoms with Crippen molar-refractivity contribution >= 4 is 35.6 Å². The predicted octanol–water partition coefficient (Wildman–Crippen LogP) is 6.28. The first-order valence-electron chi connectivity index (χ1n) is 11.6.